The third-order valence-corrected chi connectivity index (χ3v) is 4.86. The standard InChI is InChI=1S/C17H28O3S/c1-12(2)14-9-8-13(11-19-7)10-15(14)21-20-17(5,6)16(3,4)18/h8-10,12,18H,11H2,1-7H3. The highest BCUT2D eigenvalue weighted by atomic mass is 32.2. The zero-order chi connectivity index (χ0) is 16.3. The molecule has 1 rings (SSSR count). The predicted octanol–water partition coefficient (Wildman–Crippen LogP) is 4.53. The van der Waals surface area contributed by atoms with Gasteiger partial charge in [0.15, 0.2) is 0 Å². The Hall–Kier alpha value is -0.550. The highest BCUT2D eigenvalue weighted by Gasteiger charge is 2.37. The van der Waals surface area contributed by atoms with Crippen LogP contribution in [0.1, 0.15) is 58.6 Å². The molecule has 3 nitrogen and oxygen atoms in total. The molecule has 0 radical (unpaired) electrons. The van der Waals surface area contributed by atoms with Gasteiger partial charge >= 0.3 is 0 Å². The molecule has 0 aromatic heterocycles. The van der Waals surface area contributed by atoms with Crippen LogP contribution in [0.15, 0.2) is 23.1 Å². The number of benzene rings is 1. The Balaban J connectivity index is 2.97. The summed E-state index contributed by atoms with van der Waals surface area (Å²) in [5.41, 5.74) is 0.797. The van der Waals surface area contributed by atoms with E-state index in [4.69, 9.17) is 8.92 Å². The molecule has 0 unspecified atom stereocenters. The second kappa shape index (κ2) is 7.14. The van der Waals surface area contributed by atoms with Gasteiger partial charge in [-0.1, -0.05) is 26.0 Å². The smallest absolute Gasteiger partial charge is 0.106 e. The monoisotopic (exact) mass is 312 g/mol. The number of hydrogen-bond donors (Lipinski definition) is 1. The molecule has 0 amide bonds. The summed E-state index contributed by atoms with van der Waals surface area (Å²) in [6, 6.07) is 6.32. The van der Waals surface area contributed by atoms with Crippen LogP contribution in [0.25, 0.3) is 0 Å². The van der Waals surface area contributed by atoms with Crippen molar-refractivity contribution in [2.45, 2.75) is 70.2 Å². The second-order valence-electron chi connectivity index (χ2n) is 6.70. The van der Waals surface area contributed by atoms with Gasteiger partial charge < -0.3 is 14.0 Å². The van der Waals surface area contributed by atoms with Gasteiger partial charge in [0.25, 0.3) is 0 Å². The molecule has 0 bridgehead atoms. The van der Waals surface area contributed by atoms with E-state index in [0.717, 1.165) is 10.5 Å². The molecule has 120 valence electrons. The molecule has 0 aliphatic rings. The summed E-state index contributed by atoms with van der Waals surface area (Å²) in [5, 5.41) is 10.2. The minimum absolute atomic E-state index is 0.415. The minimum atomic E-state index is -0.915. The Morgan fingerprint density at radius 2 is 1.81 bits per heavy atom. The zero-order valence-corrected chi connectivity index (χ0v) is 15.0. The van der Waals surface area contributed by atoms with E-state index in [9.17, 15) is 5.11 Å². The van der Waals surface area contributed by atoms with E-state index >= 15 is 0 Å². The van der Waals surface area contributed by atoms with Crippen LogP contribution in [0.4, 0.5) is 0 Å². The Morgan fingerprint density at radius 1 is 1.19 bits per heavy atom. The largest absolute Gasteiger partial charge is 0.387 e. The summed E-state index contributed by atoms with van der Waals surface area (Å²) in [5.74, 6) is 0.415. The molecule has 1 aromatic rings. The molecule has 0 fully saturated rings. The van der Waals surface area contributed by atoms with Crippen molar-refractivity contribution in [3.8, 4) is 0 Å². The van der Waals surface area contributed by atoms with Crippen LogP contribution in [-0.4, -0.2) is 23.4 Å². The van der Waals surface area contributed by atoms with E-state index in [1.807, 2.05) is 13.8 Å². The highest BCUT2D eigenvalue weighted by Crippen LogP contribution is 2.36. The van der Waals surface area contributed by atoms with Crippen molar-refractivity contribution in [2.24, 2.45) is 0 Å². The lowest BCUT2D eigenvalue weighted by Gasteiger charge is -2.36. The Morgan fingerprint density at radius 3 is 2.29 bits per heavy atom. The van der Waals surface area contributed by atoms with Gasteiger partial charge in [0.1, 0.15) is 5.60 Å². The molecule has 4 heteroatoms. The quantitative estimate of drug-likeness (QED) is 0.751. The van der Waals surface area contributed by atoms with E-state index in [0.29, 0.717) is 12.5 Å². The molecule has 1 N–H and O–H groups in total. The molecule has 1 aromatic carbocycles. The summed E-state index contributed by atoms with van der Waals surface area (Å²) < 4.78 is 11.1. The van der Waals surface area contributed by atoms with Gasteiger partial charge in [-0.25, -0.2) is 0 Å². The van der Waals surface area contributed by atoms with Crippen LogP contribution in [-0.2, 0) is 15.5 Å². The number of ether oxygens (including phenoxy) is 1. The molecule has 0 spiro atoms. The average molecular weight is 312 g/mol. The van der Waals surface area contributed by atoms with Gasteiger partial charge in [-0.2, -0.15) is 0 Å². The predicted molar refractivity (Wildman–Crippen MR) is 88.6 cm³/mol. The Bertz CT molecular complexity index is 462. The summed E-state index contributed by atoms with van der Waals surface area (Å²) >= 11 is 1.33. The first-order valence-corrected chi connectivity index (χ1v) is 8.02. The molecule has 21 heavy (non-hydrogen) atoms. The van der Waals surface area contributed by atoms with Crippen molar-refractivity contribution in [3.63, 3.8) is 0 Å². The van der Waals surface area contributed by atoms with E-state index in [2.05, 4.69) is 32.0 Å². The molecule has 0 atom stereocenters. The zero-order valence-electron chi connectivity index (χ0n) is 14.2. The van der Waals surface area contributed by atoms with Crippen molar-refractivity contribution in [2.75, 3.05) is 7.11 Å². The molecule has 0 saturated carbocycles. The fourth-order valence-electron chi connectivity index (χ4n) is 1.64. The third kappa shape index (κ3) is 4.99. The summed E-state index contributed by atoms with van der Waals surface area (Å²) in [6.07, 6.45) is 0. The molecular formula is C17H28O3S. The van der Waals surface area contributed by atoms with Crippen molar-refractivity contribution < 1.29 is 14.0 Å². The van der Waals surface area contributed by atoms with Gasteiger partial charge in [0, 0.05) is 24.0 Å². The summed E-state index contributed by atoms with van der Waals surface area (Å²) in [4.78, 5) is 1.08. The lowest BCUT2D eigenvalue weighted by atomic mass is 9.90. The van der Waals surface area contributed by atoms with Crippen LogP contribution >= 0.6 is 12.0 Å². The van der Waals surface area contributed by atoms with E-state index < -0.39 is 11.2 Å². The molecule has 0 aliphatic carbocycles. The van der Waals surface area contributed by atoms with E-state index in [1.165, 1.54) is 17.6 Å². The molecule has 0 aliphatic heterocycles. The van der Waals surface area contributed by atoms with Gasteiger partial charge in [-0.05, 0) is 50.8 Å². The maximum atomic E-state index is 10.2. The van der Waals surface area contributed by atoms with Crippen LogP contribution in [0.3, 0.4) is 0 Å². The lowest BCUT2D eigenvalue weighted by Crippen LogP contribution is -2.45. The molecular weight excluding hydrogens is 284 g/mol. The number of hydrogen-bond acceptors (Lipinski definition) is 4. The summed E-state index contributed by atoms with van der Waals surface area (Å²) in [6.45, 7) is 12.2. The van der Waals surface area contributed by atoms with Crippen LogP contribution in [0, 0.1) is 0 Å². The van der Waals surface area contributed by atoms with Crippen molar-refractivity contribution in [1.82, 2.24) is 0 Å². The Kier molecular flexibility index (Phi) is 6.29. The van der Waals surface area contributed by atoms with Gasteiger partial charge in [-0.3, -0.25) is 0 Å². The first-order valence-electron chi connectivity index (χ1n) is 7.28. The molecule has 0 saturated heterocycles. The van der Waals surface area contributed by atoms with Crippen LogP contribution in [0.2, 0.25) is 0 Å². The van der Waals surface area contributed by atoms with E-state index in [-0.39, 0.29) is 0 Å². The van der Waals surface area contributed by atoms with Gasteiger partial charge in [-0.15, -0.1) is 0 Å². The van der Waals surface area contributed by atoms with Crippen LogP contribution < -0.4 is 0 Å². The van der Waals surface area contributed by atoms with Crippen LogP contribution in [0.5, 0.6) is 0 Å². The highest BCUT2D eigenvalue weighted by molar-refractivity contribution is 7.94. The first kappa shape index (κ1) is 18.5. The third-order valence-electron chi connectivity index (χ3n) is 3.82. The Labute approximate surface area is 133 Å². The topological polar surface area (TPSA) is 38.7 Å². The van der Waals surface area contributed by atoms with E-state index in [1.54, 1.807) is 21.0 Å². The SMILES string of the molecule is COCc1ccc(C(C)C)c(SOC(C)(C)C(C)(C)O)c1. The minimum Gasteiger partial charge on any atom is -0.387 e. The second-order valence-corrected chi connectivity index (χ2v) is 7.47. The maximum Gasteiger partial charge on any atom is 0.106 e. The fraction of sp³-hybridized carbons (Fsp3) is 0.647. The van der Waals surface area contributed by atoms with Crippen molar-refractivity contribution >= 4 is 12.0 Å². The van der Waals surface area contributed by atoms with Crippen molar-refractivity contribution in [3.05, 3.63) is 29.3 Å². The number of methoxy groups -OCH3 is 1. The average Bonchev–Trinajstić information content (AvgIpc) is 2.35. The van der Waals surface area contributed by atoms with Crippen molar-refractivity contribution in [1.29, 1.82) is 0 Å². The van der Waals surface area contributed by atoms with Gasteiger partial charge in [0.05, 0.1) is 12.2 Å². The normalized spacial score (nSPS) is 13.0. The number of aliphatic hydroxyl groups is 1. The maximum absolute atomic E-state index is 10.2. The fourth-order valence-corrected chi connectivity index (χ4v) is 2.74. The summed E-state index contributed by atoms with van der Waals surface area (Å²) in [7, 11) is 1.69. The number of rotatable bonds is 7. The lowest BCUT2D eigenvalue weighted by molar-refractivity contribution is -0.0813. The first-order chi connectivity index (χ1) is 9.58. The van der Waals surface area contributed by atoms with Gasteiger partial charge in [0.2, 0.25) is 0 Å². The molecule has 0 heterocycles.